The second kappa shape index (κ2) is 6.77. The van der Waals surface area contributed by atoms with Crippen LogP contribution in [0.15, 0.2) is 18.2 Å². The molecule has 2 N–H and O–H groups in total. The Morgan fingerprint density at radius 3 is 2.75 bits per heavy atom. The summed E-state index contributed by atoms with van der Waals surface area (Å²) < 4.78 is 0. The number of aromatic hydroxyl groups is 1. The highest BCUT2D eigenvalue weighted by molar-refractivity contribution is 6.32. The van der Waals surface area contributed by atoms with E-state index in [0.29, 0.717) is 17.6 Å². The smallest absolute Gasteiger partial charge is 0.138 e. The molecule has 0 heterocycles. The number of para-hydroxylation sites is 1. The van der Waals surface area contributed by atoms with Crippen LogP contribution in [0.1, 0.15) is 38.7 Å². The molecule has 0 saturated carbocycles. The van der Waals surface area contributed by atoms with Gasteiger partial charge in [-0.05, 0) is 18.9 Å². The number of hydrogen-bond acceptors (Lipinski definition) is 2. The zero-order valence-electron chi connectivity index (χ0n) is 9.96. The van der Waals surface area contributed by atoms with Crippen molar-refractivity contribution in [3.05, 3.63) is 28.8 Å². The van der Waals surface area contributed by atoms with Gasteiger partial charge < -0.3 is 10.4 Å². The summed E-state index contributed by atoms with van der Waals surface area (Å²) in [5, 5.41) is 13.6. The normalized spacial score (nSPS) is 12.7. The molecule has 16 heavy (non-hydrogen) atoms. The van der Waals surface area contributed by atoms with Crippen LogP contribution >= 0.6 is 11.6 Å². The maximum atomic E-state index is 9.74. The molecule has 2 nitrogen and oxygen atoms in total. The van der Waals surface area contributed by atoms with Gasteiger partial charge in [-0.2, -0.15) is 0 Å². The van der Waals surface area contributed by atoms with Crippen molar-refractivity contribution in [1.82, 2.24) is 5.32 Å². The predicted molar refractivity (Wildman–Crippen MR) is 68.9 cm³/mol. The highest BCUT2D eigenvalue weighted by Gasteiger charge is 2.08. The summed E-state index contributed by atoms with van der Waals surface area (Å²) in [6, 6.07) is 5.97. The van der Waals surface area contributed by atoms with Crippen molar-refractivity contribution in [1.29, 1.82) is 0 Å². The number of rotatable bonds is 6. The van der Waals surface area contributed by atoms with E-state index >= 15 is 0 Å². The van der Waals surface area contributed by atoms with Gasteiger partial charge in [0.15, 0.2) is 0 Å². The zero-order valence-corrected chi connectivity index (χ0v) is 10.7. The SMILES string of the molecule is CCCC(CC)NCc1cccc(Cl)c1O. The molecule has 0 saturated heterocycles. The molecule has 0 aliphatic rings. The minimum absolute atomic E-state index is 0.197. The van der Waals surface area contributed by atoms with Crippen LogP contribution in [-0.2, 0) is 6.54 Å². The van der Waals surface area contributed by atoms with Crippen molar-refractivity contribution in [2.75, 3.05) is 0 Å². The Bertz CT molecular complexity index is 328. The summed E-state index contributed by atoms with van der Waals surface area (Å²) in [6.07, 6.45) is 3.44. The van der Waals surface area contributed by atoms with Gasteiger partial charge in [-0.1, -0.05) is 44.0 Å². The molecule has 0 radical (unpaired) electrons. The van der Waals surface area contributed by atoms with Gasteiger partial charge >= 0.3 is 0 Å². The monoisotopic (exact) mass is 241 g/mol. The molecule has 90 valence electrons. The highest BCUT2D eigenvalue weighted by atomic mass is 35.5. The van der Waals surface area contributed by atoms with Crippen molar-refractivity contribution in [2.24, 2.45) is 0 Å². The molecule has 0 amide bonds. The largest absolute Gasteiger partial charge is 0.506 e. The van der Waals surface area contributed by atoms with Gasteiger partial charge in [0.05, 0.1) is 5.02 Å². The van der Waals surface area contributed by atoms with Crippen LogP contribution in [0.5, 0.6) is 5.75 Å². The fraction of sp³-hybridized carbons (Fsp3) is 0.538. The first-order chi connectivity index (χ1) is 7.69. The lowest BCUT2D eigenvalue weighted by Gasteiger charge is -2.16. The van der Waals surface area contributed by atoms with Gasteiger partial charge in [-0.15, -0.1) is 0 Å². The summed E-state index contributed by atoms with van der Waals surface area (Å²) in [5.74, 6) is 0.197. The minimum atomic E-state index is 0.197. The van der Waals surface area contributed by atoms with Gasteiger partial charge in [-0.25, -0.2) is 0 Å². The molecular weight excluding hydrogens is 222 g/mol. The van der Waals surface area contributed by atoms with Gasteiger partial charge in [0.2, 0.25) is 0 Å². The second-order valence-electron chi connectivity index (χ2n) is 4.02. The minimum Gasteiger partial charge on any atom is -0.506 e. The third-order valence-corrected chi connectivity index (χ3v) is 3.09. The van der Waals surface area contributed by atoms with E-state index in [1.165, 1.54) is 6.42 Å². The van der Waals surface area contributed by atoms with E-state index in [2.05, 4.69) is 19.2 Å². The second-order valence-corrected chi connectivity index (χ2v) is 4.43. The van der Waals surface area contributed by atoms with Gasteiger partial charge in [0.25, 0.3) is 0 Å². The van der Waals surface area contributed by atoms with Crippen LogP contribution in [0.4, 0.5) is 0 Å². The Morgan fingerprint density at radius 1 is 1.38 bits per heavy atom. The van der Waals surface area contributed by atoms with Crippen LogP contribution in [0.3, 0.4) is 0 Å². The number of hydrogen-bond donors (Lipinski definition) is 2. The Kier molecular flexibility index (Phi) is 5.64. The molecule has 1 unspecified atom stereocenters. The number of phenolic OH excluding ortho intramolecular Hbond substituents is 1. The molecule has 1 atom stereocenters. The number of halogens is 1. The average Bonchev–Trinajstić information content (AvgIpc) is 2.29. The van der Waals surface area contributed by atoms with E-state index < -0.39 is 0 Å². The van der Waals surface area contributed by atoms with E-state index in [1.807, 2.05) is 12.1 Å². The Morgan fingerprint density at radius 2 is 2.12 bits per heavy atom. The van der Waals surface area contributed by atoms with Gasteiger partial charge in [0.1, 0.15) is 5.75 Å². The van der Waals surface area contributed by atoms with Crippen molar-refractivity contribution >= 4 is 11.6 Å². The maximum Gasteiger partial charge on any atom is 0.138 e. The summed E-state index contributed by atoms with van der Waals surface area (Å²) in [5.41, 5.74) is 0.863. The maximum absolute atomic E-state index is 9.74. The fourth-order valence-corrected chi connectivity index (χ4v) is 1.95. The number of nitrogens with one attached hydrogen (secondary N) is 1. The average molecular weight is 242 g/mol. The topological polar surface area (TPSA) is 32.3 Å². The molecule has 0 aromatic heterocycles. The Balaban J connectivity index is 2.56. The molecular formula is C13H20ClNO. The Hall–Kier alpha value is -0.730. The lowest BCUT2D eigenvalue weighted by atomic mass is 10.1. The van der Waals surface area contributed by atoms with E-state index in [0.717, 1.165) is 18.4 Å². The lowest BCUT2D eigenvalue weighted by molar-refractivity contribution is 0.439. The van der Waals surface area contributed by atoms with Crippen molar-refractivity contribution in [2.45, 2.75) is 45.7 Å². The first kappa shape index (κ1) is 13.3. The predicted octanol–water partition coefficient (Wildman–Crippen LogP) is 3.71. The van der Waals surface area contributed by atoms with Gasteiger partial charge in [0, 0.05) is 18.2 Å². The molecule has 3 heteroatoms. The van der Waals surface area contributed by atoms with Crippen molar-refractivity contribution < 1.29 is 5.11 Å². The van der Waals surface area contributed by atoms with E-state index in [1.54, 1.807) is 6.07 Å². The zero-order chi connectivity index (χ0) is 12.0. The summed E-state index contributed by atoms with van der Waals surface area (Å²) in [6.45, 7) is 5.03. The summed E-state index contributed by atoms with van der Waals surface area (Å²) in [4.78, 5) is 0. The van der Waals surface area contributed by atoms with Gasteiger partial charge in [-0.3, -0.25) is 0 Å². The van der Waals surface area contributed by atoms with Crippen LogP contribution < -0.4 is 5.32 Å². The summed E-state index contributed by atoms with van der Waals surface area (Å²) in [7, 11) is 0. The quantitative estimate of drug-likeness (QED) is 0.796. The standard InChI is InChI=1S/C13H20ClNO/c1-3-6-11(4-2)15-9-10-7-5-8-12(14)13(10)16/h5,7-8,11,15-16H,3-4,6,9H2,1-2H3. The van der Waals surface area contributed by atoms with E-state index in [4.69, 9.17) is 11.6 Å². The highest BCUT2D eigenvalue weighted by Crippen LogP contribution is 2.26. The lowest BCUT2D eigenvalue weighted by Crippen LogP contribution is -2.27. The molecule has 0 fully saturated rings. The van der Waals surface area contributed by atoms with Crippen LogP contribution in [0.25, 0.3) is 0 Å². The number of benzene rings is 1. The molecule has 0 aliphatic heterocycles. The molecule has 1 rings (SSSR count). The van der Waals surface area contributed by atoms with Crippen LogP contribution in [0, 0.1) is 0 Å². The molecule has 1 aromatic carbocycles. The van der Waals surface area contributed by atoms with Crippen LogP contribution in [0.2, 0.25) is 5.02 Å². The third-order valence-electron chi connectivity index (χ3n) is 2.78. The Labute approximate surface area is 103 Å². The molecule has 0 spiro atoms. The first-order valence-electron chi connectivity index (χ1n) is 5.88. The van der Waals surface area contributed by atoms with Crippen molar-refractivity contribution in [3.63, 3.8) is 0 Å². The fourth-order valence-electron chi connectivity index (χ4n) is 1.76. The van der Waals surface area contributed by atoms with E-state index in [9.17, 15) is 5.11 Å². The molecule has 0 bridgehead atoms. The summed E-state index contributed by atoms with van der Waals surface area (Å²) >= 11 is 5.85. The first-order valence-corrected chi connectivity index (χ1v) is 6.26. The molecule has 1 aromatic rings. The number of phenols is 1. The third kappa shape index (κ3) is 3.69. The van der Waals surface area contributed by atoms with Crippen molar-refractivity contribution in [3.8, 4) is 5.75 Å². The van der Waals surface area contributed by atoms with E-state index in [-0.39, 0.29) is 5.75 Å². The molecule has 0 aliphatic carbocycles. The van der Waals surface area contributed by atoms with Crippen LogP contribution in [-0.4, -0.2) is 11.1 Å².